The van der Waals surface area contributed by atoms with Gasteiger partial charge in [0.2, 0.25) is 0 Å². The van der Waals surface area contributed by atoms with Gasteiger partial charge in [-0.3, -0.25) is 4.79 Å². The topological polar surface area (TPSA) is 17.1 Å². The number of aldehydes is 1. The summed E-state index contributed by atoms with van der Waals surface area (Å²) < 4.78 is 0. The van der Waals surface area contributed by atoms with Gasteiger partial charge in [-0.25, -0.2) is 0 Å². The van der Waals surface area contributed by atoms with Crippen LogP contribution < -0.4 is 0 Å². The van der Waals surface area contributed by atoms with E-state index in [0.717, 1.165) is 22.8 Å². The third-order valence-corrected chi connectivity index (χ3v) is 3.45. The summed E-state index contributed by atoms with van der Waals surface area (Å²) in [4.78, 5) is 11.3. The largest absolute Gasteiger partial charge is 0.298 e. The van der Waals surface area contributed by atoms with Gasteiger partial charge in [-0.2, -0.15) is 0 Å². The third-order valence-electron chi connectivity index (χ3n) is 3.45. The number of benzene rings is 2. The van der Waals surface area contributed by atoms with Gasteiger partial charge in [-0.05, 0) is 35.4 Å². The van der Waals surface area contributed by atoms with Crippen LogP contribution in [-0.2, 0) is 0 Å². The summed E-state index contributed by atoms with van der Waals surface area (Å²) in [6.45, 7) is 2.08. The summed E-state index contributed by atoms with van der Waals surface area (Å²) in [7, 11) is 0. The first-order valence-electron chi connectivity index (χ1n) is 6.12. The predicted molar refractivity (Wildman–Crippen MR) is 75.0 cm³/mol. The second-order valence-corrected chi connectivity index (χ2v) is 4.74. The van der Waals surface area contributed by atoms with Gasteiger partial charge in [-0.15, -0.1) is 0 Å². The Morgan fingerprint density at radius 1 is 1.11 bits per heavy atom. The molecule has 0 aromatic heterocycles. The first-order chi connectivity index (χ1) is 8.78. The van der Waals surface area contributed by atoms with Crippen molar-refractivity contribution < 1.29 is 4.79 Å². The minimum Gasteiger partial charge on any atom is -0.298 e. The van der Waals surface area contributed by atoms with Crippen LogP contribution in [0, 0.1) is 0 Å². The zero-order valence-electron chi connectivity index (χ0n) is 10.3. The number of hydrogen-bond donors (Lipinski definition) is 0. The lowest BCUT2D eigenvalue weighted by Crippen LogP contribution is -1.96. The summed E-state index contributed by atoms with van der Waals surface area (Å²) in [6.07, 6.45) is 7.40. The minimum atomic E-state index is 0.231. The normalized spacial score (nSPS) is 18.1. The molecule has 1 aliphatic rings. The molecule has 0 aliphatic heterocycles. The lowest BCUT2D eigenvalue weighted by molar-refractivity contribution is 0.112. The van der Waals surface area contributed by atoms with Crippen LogP contribution in [0.15, 0.2) is 60.2 Å². The van der Waals surface area contributed by atoms with Gasteiger partial charge in [0, 0.05) is 11.5 Å². The van der Waals surface area contributed by atoms with E-state index in [1.165, 1.54) is 11.0 Å². The van der Waals surface area contributed by atoms with Crippen LogP contribution in [-0.4, -0.2) is 6.29 Å². The highest BCUT2D eigenvalue weighted by atomic mass is 16.1. The molecule has 0 spiro atoms. The average Bonchev–Trinajstić information content (AvgIpc) is 2.83. The Kier molecular flexibility index (Phi) is 2.60. The molecule has 0 heterocycles. The lowest BCUT2D eigenvalue weighted by atomic mass is 9.92. The summed E-state index contributed by atoms with van der Waals surface area (Å²) >= 11 is 0. The van der Waals surface area contributed by atoms with E-state index in [9.17, 15) is 4.79 Å². The monoisotopic (exact) mass is 234 g/mol. The second kappa shape index (κ2) is 4.26. The van der Waals surface area contributed by atoms with Crippen molar-refractivity contribution in [1.82, 2.24) is 0 Å². The molecule has 0 N–H and O–H groups in total. The number of carbonyl (C=O) groups excluding carboxylic acids is 1. The van der Waals surface area contributed by atoms with E-state index in [1.54, 1.807) is 0 Å². The van der Waals surface area contributed by atoms with Gasteiger partial charge in [0.15, 0.2) is 0 Å². The average molecular weight is 234 g/mol. The Bertz CT molecular complexity index is 677. The van der Waals surface area contributed by atoms with Crippen LogP contribution in [0.1, 0.15) is 28.8 Å². The smallest absolute Gasteiger partial charge is 0.150 e. The fourth-order valence-corrected chi connectivity index (χ4v) is 2.51. The maximum absolute atomic E-state index is 11.3. The van der Waals surface area contributed by atoms with Crippen molar-refractivity contribution in [3.8, 4) is 0 Å². The maximum Gasteiger partial charge on any atom is 0.150 e. The highest BCUT2D eigenvalue weighted by Gasteiger charge is 2.14. The fraction of sp³-hybridized carbons (Fsp3) is 0.118. The predicted octanol–water partition coefficient (Wildman–Crippen LogP) is 4.25. The molecule has 1 unspecified atom stereocenters. The van der Waals surface area contributed by atoms with E-state index >= 15 is 0 Å². The number of allylic oxidation sites excluding steroid dienone is 4. The van der Waals surface area contributed by atoms with Crippen LogP contribution in [0.3, 0.4) is 0 Å². The zero-order valence-corrected chi connectivity index (χ0v) is 10.3. The zero-order chi connectivity index (χ0) is 12.5. The molecule has 0 bridgehead atoms. The Hall–Kier alpha value is -2.15. The van der Waals surface area contributed by atoms with E-state index in [-0.39, 0.29) is 5.92 Å². The van der Waals surface area contributed by atoms with Gasteiger partial charge >= 0.3 is 0 Å². The molecule has 88 valence electrons. The molecular formula is C17H14O. The van der Waals surface area contributed by atoms with E-state index in [0.29, 0.717) is 0 Å². The number of carbonyl (C=O) groups is 1. The quantitative estimate of drug-likeness (QED) is 0.710. The highest BCUT2D eigenvalue weighted by Crippen LogP contribution is 2.31. The minimum absolute atomic E-state index is 0.231. The molecule has 1 nitrogen and oxygen atoms in total. The molecular weight excluding hydrogens is 220 g/mol. The highest BCUT2D eigenvalue weighted by molar-refractivity contribution is 5.91. The molecule has 0 fully saturated rings. The van der Waals surface area contributed by atoms with Crippen LogP contribution in [0.2, 0.25) is 0 Å². The van der Waals surface area contributed by atoms with Gasteiger partial charge in [0.1, 0.15) is 6.29 Å². The van der Waals surface area contributed by atoms with Crippen molar-refractivity contribution >= 4 is 17.1 Å². The Labute approximate surface area is 106 Å². The second-order valence-electron chi connectivity index (χ2n) is 4.74. The molecule has 1 atom stereocenters. The summed E-state index contributed by atoms with van der Waals surface area (Å²) in [5, 5.41) is 2.30. The number of hydrogen-bond acceptors (Lipinski definition) is 1. The number of rotatable bonds is 2. The van der Waals surface area contributed by atoms with Gasteiger partial charge in [-0.1, -0.05) is 48.1 Å². The van der Waals surface area contributed by atoms with Crippen molar-refractivity contribution in [3.05, 3.63) is 71.3 Å². The number of fused-ring (bicyclic) bond motifs is 1. The molecule has 18 heavy (non-hydrogen) atoms. The van der Waals surface area contributed by atoms with Gasteiger partial charge in [0.05, 0.1) is 0 Å². The Morgan fingerprint density at radius 2 is 1.83 bits per heavy atom. The Morgan fingerprint density at radius 3 is 2.44 bits per heavy atom. The van der Waals surface area contributed by atoms with Crippen LogP contribution >= 0.6 is 0 Å². The summed E-state index contributed by atoms with van der Waals surface area (Å²) in [5.41, 5.74) is 3.14. The molecule has 2 aromatic rings. The molecule has 1 heteroatoms. The van der Waals surface area contributed by atoms with E-state index < -0.39 is 0 Å². The standard InChI is InChI=1S/C17H14O/c1-12-6-7-15(8-12)17-10-14-5-3-2-4-13(14)9-16(17)11-18/h2-11,15H,1H3. The van der Waals surface area contributed by atoms with Gasteiger partial charge in [0.25, 0.3) is 0 Å². The van der Waals surface area contributed by atoms with Crippen molar-refractivity contribution in [2.45, 2.75) is 12.8 Å². The third kappa shape index (κ3) is 1.78. The summed E-state index contributed by atoms with van der Waals surface area (Å²) in [5.74, 6) is 0.231. The van der Waals surface area contributed by atoms with E-state index in [2.05, 4.69) is 37.3 Å². The molecule has 1 aliphatic carbocycles. The van der Waals surface area contributed by atoms with Crippen molar-refractivity contribution in [2.24, 2.45) is 0 Å². The van der Waals surface area contributed by atoms with Crippen molar-refractivity contribution in [1.29, 1.82) is 0 Å². The Balaban J connectivity index is 2.21. The first kappa shape index (κ1) is 11.0. The van der Waals surface area contributed by atoms with Crippen LogP contribution in [0.5, 0.6) is 0 Å². The fourth-order valence-electron chi connectivity index (χ4n) is 2.51. The summed E-state index contributed by atoms with van der Waals surface area (Å²) in [6, 6.07) is 12.3. The molecule has 0 saturated carbocycles. The maximum atomic E-state index is 11.3. The molecule has 0 amide bonds. The lowest BCUT2D eigenvalue weighted by Gasteiger charge is -2.11. The van der Waals surface area contributed by atoms with Gasteiger partial charge < -0.3 is 0 Å². The molecule has 0 radical (unpaired) electrons. The first-order valence-corrected chi connectivity index (χ1v) is 6.12. The van der Waals surface area contributed by atoms with E-state index in [4.69, 9.17) is 0 Å². The molecule has 0 saturated heterocycles. The van der Waals surface area contributed by atoms with Crippen molar-refractivity contribution in [2.75, 3.05) is 0 Å². The van der Waals surface area contributed by atoms with Crippen LogP contribution in [0.4, 0.5) is 0 Å². The van der Waals surface area contributed by atoms with E-state index in [1.807, 2.05) is 24.3 Å². The van der Waals surface area contributed by atoms with Crippen molar-refractivity contribution in [3.63, 3.8) is 0 Å². The molecule has 2 aromatic carbocycles. The SMILES string of the molecule is CC1=CC(c2cc3ccccc3cc2C=O)C=C1. The van der Waals surface area contributed by atoms with Crippen LogP contribution in [0.25, 0.3) is 10.8 Å². The molecule has 3 rings (SSSR count).